The van der Waals surface area contributed by atoms with Gasteiger partial charge in [-0.05, 0) is 36.6 Å². The molecule has 0 radical (unpaired) electrons. The van der Waals surface area contributed by atoms with Crippen LogP contribution in [0, 0.1) is 0 Å². The zero-order valence-corrected chi connectivity index (χ0v) is 19.7. The van der Waals surface area contributed by atoms with E-state index in [2.05, 4.69) is 10.3 Å². The van der Waals surface area contributed by atoms with Crippen molar-refractivity contribution in [1.29, 1.82) is 0 Å². The molecule has 1 N–H and O–H groups in total. The van der Waals surface area contributed by atoms with Gasteiger partial charge in [0, 0.05) is 41.1 Å². The number of rotatable bonds is 6. The molecule has 1 saturated heterocycles. The van der Waals surface area contributed by atoms with Crippen LogP contribution in [0.1, 0.15) is 36.8 Å². The number of nitrogens with one attached hydrogen (secondary N) is 1. The number of thioether (sulfide) groups is 1. The van der Waals surface area contributed by atoms with Crippen LogP contribution in [0.4, 0.5) is 0 Å². The minimum atomic E-state index is -0.107. The maximum atomic E-state index is 13.1. The molecule has 2 aromatic heterocycles. The number of benzene rings is 1. The Morgan fingerprint density at radius 3 is 2.82 bits per heavy atom. The van der Waals surface area contributed by atoms with Gasteiger partial charge in [0.05, 0.1) is 11.4 Å². The fraction of sp³-hybridized carbons (Fsp3) is 0.280. The summed E-state index contributed by atoms with van der Waals surface area (Å²) in [5.74, 6) is -0.0818. The van der Waals surface area contributed by atoms with Gasteiger partial charge in [-0.3, -0.25) is 19.5 Å². The van der Waals surface area contributed by atoms with Crippen molar-refractivity contribution in [3.05, 3.63) is 71.0 Å². The molecule has 1 aromatic carbocycles. The van der Waals surface area contributed by atoms with Gasteiger partial charge in [0.25, 0.3) is 5.91 Å². The molecule has 33 heavy (non-hydrogen) atoms. The summed E-state index contributed by atoms with van der Waals surface area (Å²) < 4.78 is 2.50. The molecule has 0 spiro atoms. The summed E-state index contributed by atoms with van der Waals surface area (Å²) >= 11 is 6.79. The Hall–Kier alpha value is -2.97. The van der Waals surface area contributed by atoms with Gasteiger partial charge in [0.1, 0.15) is 10.9 Å². The Balaban J connectivity index is 1.39. The average Bonchev–Trinajstić information content (AvgIpc) is 3.51. The highest BCUT2D eigenvalue weighted by molar-refractivity contribution is 8.26. The molecule has 2 aliphatic rings. The molecular weight excluding hydrogens is 452 g/mol. The topological polar surface area (TPSA) is 67.2 Å². The molecule has 6 nitrogen and oxygen atoms in total. The first-order valence-electron chi connectivity index (χ1n) is 11.1. The Morgan fingerprint density at radius 1 is 1.21 bits per heavy atom. The number of hydrogen-bond donors (Lipinski definition) is 1. The van der Waals surface area contributed by atoms with Crippen LogP contribution in [0.5, 0.6) is 0 Å². The molecule has 3 heterocycles. The average molecular weight is 477 g/mol. The highest BCUT2D eigenvalue weighted by Gasteiger charge is 2.32. The Kier molecular flexibility index (Phi) is 6.28. The van der Waals surface area contributed by atoms with Gasteiger partial charge in [0.2, 0.25) is 5.91 Å². The molecule has 2 amide bonds. The van der Waals surface area contributed by atoms with Crippen LogP contribution in [-0.4, -0.2) is 36.6 Å². The number of thiocarbonyl (C=S) groups is 1. The normalized spacial score (nSPS) is 18.1. The lowest BCUT2D eigenvalue weighted by Crippen LogP contribution is -2.35. The van der Waals surface area contributed by atoms with Gasteiger partial charge < -0.3 is 9.88 Å². The Labute approximate surface area is 202 Å². The van der Waals surface area contributed by atoms with Crippen molar-refractivity contribution in [1.82, 2.24) is 19.8 Å². The van der Waals surface area contributed by atoms with E-state index in [4.69, 9.17) is 12.2 Å². The quantitative estimate of drug-likeness (QED) is 0.419. The van der Waals surface area contributed by atoms with E-state index in [1.54, 1.807) is 17.3 Å². The van der Waals surface area contributed by atoms with Crippen molar-refractivity contribution >= 4 is 57.1 Å². The lowest BCUT2D eigenvalue weighted by molar-refractivity contribution is -0.123. The van der Waals surface area contributed by atoms with Crippen LogP contribution >= 0.6 is 24.0 Å². The van der Waals surface area contributed by atoms with E-state index in [1.807, 2.05) is 53.2 Å². The standard InChI is InChI=1S/C25H24N4O2S2/c30-23(27-19-7-1-2-8-19)16-28-15-18(20-9-3-4-10-21(20)28)12-22-24(31)29(25(32)33-22)14-17-6-5-11-26-13-17/h3-6,9-13,15,19H,1-2,7-8,14,16H2,(H,27,30)/b22-12-. The van der Waals surface area contributed by atoms with E-state index >= 15 is 0 Å². The predicted octanol–water partition coefficient (Wildman–Crippen LogP) is 4.50. The van der Waals surface area contributed by atoms with Crippen LogP contribution in [0.25, 0.3) is 17.0 Å². The molecule has 5 rings (SSSR count). The third-order valence-electron chi connectivity index (χ3n) is 6.08. The summed E-state index contributed by atoms with van der Waals surface area (Å²) in [6, 6.07) is 12.0. The van der Waals surface area contributed by atoms with E-state index in [0.29, 0.717) is 21.8 Å². The van der Waals surface area contributed by atoms with Crippen molar-refractivity contribution < 1.29 is 9.59 Å². The number of amides is 2. The maximum Gasteiger partial charge on any atom is 0.266 e. The van der Waals surface area contributed by atoms with Gasteiger partial charge in [-0.15, -0.1) is 0 Å². The summed E-state index contributed by atoms with van der Waals surface area (Å²) in [4.78, 5) is 32.1. The second-order valence-corrected chi connectivity index (χ2v) is 10.1. The summed E-state index contributed by atoms with van der Waals surface area (Å²) in [5, 5.41) is 4.16. The highest BCUT2D eigenvalue weighted by atomic mass is 32.2. The molecule has 0 unspecified atom stereocenters. The first kappa shape index (κ1) is 21.9. The van der Waals surface area contributed by atoms with Crippen LogP contribution in [0.2, 0.25) is 0 Å². The number of aromatic nitrogens is 2. The smallest absolute Gasteiger partial charge is 0.266 e. The fourth-order valence-corrected chi connectivity index (χ4v) is 5.72. The van der Waals surface area contributed by atoms with E-state index in [1.165, 1.54) is 24.6 Å². The molecule has 168 valence electrons. The Morgan fingerprint density at radius 2 is 2.03 bits per heavy atom. The molecule has 1 aliphatic heterocycles. The second kappa shape index (κ2) is 9.49. The lowest BCUT2D eigenvalue weighted by atomic mass is 10.1. The van der Waals surface area contributed by atoms with Crippen LogP contribution < -0.4 is 5.32 Å². The van der Waals surface area contributed by atoms with Crippen molar-refractivity contribution in [2.45, 2.75) is 44.8 Å². The lowest BCUT2D eigenvalue weighted by Gasteiger charge is -2.13. The van der Waals surface area contributed by atoms with Gasteiger partial charge in [-0.2, -0.15) is 0 Å². The van der Waals surface area contributed by atoms with Gasteiger partial charge in [-0.1, -0.05) is 61.1 Å². The number of hydrogen-bond acceptors (Lipinski definition) is 5. The van der Waals surface area contributed by atoms with Crippen LogP contribution in [0.3, 0.4) is 0 Å². The number of nitrogens with zero attached hydrogens (tertiary/aromatic N) is 3. The third kappa shape index (κ3) is 4.72. The van der Waals surface area contributed by atoms with Gasteiger partial charge in [0.15, 0.2) is 0 Å². The van der Waals surface area contributed by atoms with E-state index < -0.39 is 0 Å². The van der Waals surface area contributed by atoms with E-state index in [0.717, 1.165) is 34.9 Å². The van der Waals surface area contributed by atoms with Crippen molar-refractivity contribution in [3.8, 4) is 0 Å². The number of carbonyl (C=O) groups is 2. The molecule has 2 fully saturated rings. The minimum absolute atomic E-state index is 0.0250. The molecular formula is C25H24N4O2S2. The van der Waals surface area contributed by atoms with Gasteiger partial charge in [-0.25, -0.2) is 0 Å². The first-order chi connectivity index (χ1) is 16.1. The summed E-state index contributed by atoms with van der Waals surface area (Å²) in [6.07, 6.45) is 11.8. The number of fused-ring (bicyclic) bond motifs is 1. The number of pyridine rings is 1. The van der Waals surface area contributed by atoms with Crippen LogP contribution in [0.15, 0.2) is 59.9 Å². The molecule has 8 heteroatoms. The fourth-order valence-electron chi connectivity index (χ4n) is 4.47. The summed E-state index contributed by atoms with van der Waals surface area (Å²) in [5.41, 5.74) is 2.80. The van der Waals surface area contributed by atoms with Crippen molar-refractivity contribution in [3.63, 3.8) is 0 Å². The van der Waals surface area contributed by atoms with Crippen LogP contribution in [-0.2, 0) is 22.7 Å². The van der Waals surface area contributed by atoms with Crippen molar-refractivity contribution in [2.75, 3.05) is 0 Å². The second-order valence-electron chi connectivity index (χ2n) is 8.41. The number of carbonyl (C=O) groups excluding carboxylic acids is 2. The minimum Gasteiger partial charge on any atom is -0.352 e. The van der Waals surface area contributed by atoms with E-state index in [9.17, 15) is 9.59 Å². The maximum absolute atomic E-state index is 13.1. The van der Waals surface area contributed by atoms with Crippen molar-refractivity contribution in [2.24, 2.45) is 0 Å². The Bertz CT molecular complexity index is 1250. The largest absolute Gasteiger partial charge is 0.352 e. The molecule has 0 bridgehead atoms. The SMILES string of the molecule is O=C(Cn1cc(/C=C2\SC(=S)N(Cc3cccnc3)C2=O)c2ccccc21)NC1CCCC1. The zero-order valence-electron chi connectivity index (χ0n) is 18.1. The predicted molar refractivity (Wildman–Crippen MR) is 135 cm³/mol. The molecule has 1 aliphatic carbocycles. The van der Waals surface area contributed by atoms with E-state index in [-0.39, 0.29) is 18.4 Å². The monoisotopic (exact) mass is 476 g/mol. The summed E-state index contributed by atoms with van der Waals surface area (Å²) in [6.45, 7) is 0.658. The summed E-state index contributed by atoms with van der Waals surface area (Å²) in [7, 11) is 0. The molecule has 3 aromatic rings. The zero-order chi connectivity index (χ0) is 22.8. The third-order valence-corrected chi connectivity index (χ3v) is 7.46. The molecule has 1 saturated carbocycles. The van der Waals surface area contributed by atoms with Gasteiger partial charge >= 0.3 is 0 Å². The number of para-hydroxylation sites is 1. The first-order valence-corrected chi connectivity index (χ1v) is 12.3. The highest BCUT2D eigenvalue weighted by Crippen LogP contribution is 2.35. The molecule has 0 atom stereocenters.